The standard InChI is InChI=1S/C13H10Cl2FNO/c14-9-4-2-1-3-8(9)7-18-13-6-11(16)10(15)5-12(13)17/h1-6H,7,17H2. The van der Waals surface area contributed by atoms with E-state index in [-0.39, 0.29) is 23.1 Å². The fraction of sp³-hybridized carbons (Fsp3) is 0.0769. The quantitative estimate of drug-likeness (QED) is 0.854. The van der Waals surface area contributed by atoms with E-state index in [1.54, 1.807) is 6.07 Å². The Hall–Kier alpha value is -1.45. The van der Waals surface area contributed by atoms with Gasteiger partial charge in [0.2, 0.25) is 0 Å². The van der Waals surface area contributed by atoms with Gasteiger partial charge in [0.25, 0.3) is 0 Å². The monoisotopic (exact) mass is 285 g/mol. The van der Waals surface area contributed by atoms with Gasteiger partial charge in [-0.1, -0.05) is 41.4 Å². The highest BCUT2D eigenvalue weighted by molar-refractivity contribution is 6.31. The van der Waals surface area contributed by atoms with Crippen molar-refractivity contribution in [2.24, 2.45) is 0 Å². The number of benzene rings is 2. The zero-order valence-corrected chi connectivity index (χ0v) is 10.8. The van der Waals surface area contributed by atoms with Gasteiger partial charge in [-0.15, -0.1) is 0 Å². The Morgan fingerprint density at radius 2 is 1.83 bits per heavy atom. The Kier molecular flexibility index (Phi) is 3.94. The molecular formula is C13H10Cl2FNO. The summed E-state index contributed by atoms with van der Waals surface area (Å²) in [7, 11) is 0. The number of hydrogen-bond acceptors (Lipinski definition) is 2. The number of anilines is 1. The van der Waals surface area contributed by atoms with Gasteiger partial charge in [-0.25, -0.2) is 4.39 Å². The first-order valence-corrected chi connectivity index (χ1v) is 5.94. The van der Waals surface area contributed by atoms with Crippen LogP contribution in [0.5, 0.6) is 5.75 Å². The Bertz CT molecular complexity index is 575. The third kappa shape index (κ3) is 2.86. The van der Waals surface area contributed by atoms with Crippen LogP contribution in [0.3, 0.4) is 0 Å². The molecule has 2 nitrogen and oxygen atoms in total. The van der Waals surface area contributed by atoms with Crippen molar-refractivity contribution in [3.63, 3.8) is 0 Å². The normalized spacial score (nSPS) is 10.4. The highest BCUT2D eigenvalue weighted by atomic mass is 35.5. The van der Waals surface area contributed by atoms with Crippen LogP contribution in [0.1, 0.15) is 5.56 Å². The number of hydrogen-bond donors (Lipinski definition) is 1. The highest BCUT2D eigenvalue weighted by Gasteiger charge is 2.08. The summed E-state index contributed by atoms with van der Waals surface area (Å²) >= 11 is 11.6. The molecule has 0 amide bonds. The van der Waals surface area contributed by atoms with Crippen molar-refractivity contribution in [1.29, 1.82) is 0 Å². The predicted octanol–water partition coefficient (Wildman–Crippen LogP) is 4.29. The third-order valence-electron chi connectivity index (χ3n) is 2.39. The van der Waals surface area contributed by atoms with Gasteiger partial charge >= 0.3 is 0 Å². The summed E-state index contributed by atoms with van der Waals surface area (Å²) in [5.74, 6) is -0.322. The number of ether oxygens (including phenoxy) is 1. The minimum absolute atomic E-state index is 0.0300. The van der Waals surface area contributed by atoms with Crippen molar-refractivity contribution in [2.45, 2.75) is 6.61 Å². The molecule has 0 aliphatic rings. The van der Waals surface area contributed by atoms with Gasteiger partial charge in [0.05, 0.1) is 10.7 Å². The average molecular weight is 286 g/mol. The van der Waals surface area contributed by atoms with E-state index >= 15 is 0 Å². The molecule has 0 aliphatic carbocycles. The van der Waals surface area contributed by atoms with Gasteiger partial charge in [0, 0.05) is 16.7 Å². The molecule has 18 heavy (non-hydrogen) atoms. The van der Waals surface area contributed by atoms with Crippen LogP contribution in [0, 0.1) is 5.82 Å². The van der Waals surface area contributed by atoms with Gasteiger partial charge < -0.3 is 10.5 Å². The summed E-state index contributed by atoms with van der Waals surface area (Å²) in [6, 6.07) is 9.72. The van der Waals surface area contributed by atoms with E-state index in [1.807, 2.05) is 18.2 Å². The van der Waals surface area contributed by atoms with Gasteiger partial charge in [-0.2, -0.15) is 0 Å². The molecule has 0 atom stereocenters. The minimum Gasteiger partial charge on any atom is -0.487 e. The lowest BCUT2D eigenvalue weighted by molar-refractivity contribution is 0.306. The Morgan fingerprint density at radius 1 is 1.11 bits per heavy atom. The smallest absolute Gasteiger partial charge is 0.145 e. The van der Waals surface area contributed by atoms with Crippen LogP contribution >= 0.6 is 23.2 Å². The van der Waals surface area contributed by atoms with Crippen molar-refractivity contribution in [1.82, 2.24) is 0 Å². The Balaban J connectivity index is 2.16. The molecule has 0 heterocycles. The third-order valence-corrected chi connectivity index (χ3v) is 3.05. The second kappa shape index (κ2) is 5.46. The van der Waals surface area contributed by atoms with Gasteiger partial charge in [0.1, 0.15) is 18.2 Å². The number of nitrogen functional groups attached to an aromatic ring is 1. The van der Waals surface area contributed by atoms with E-state index in [0.29, 0.717) is 5.02 Å². The van der Waals surface area contributed by atoms with E-state index < -0.39 is 5.82 Å². The molecule has 2 aromatic rings. The molecule has 0 aliphatic heterocycles. The van der Waals surface area contributed by atoms with Crippen molar-refractivity contribution in [3.8, 4) is 5.75 Å². The molecule has 0 fully saturated rings. The molecule has 2 aromatic carbocycles. The van der Waals surface area contributed by atoms with E-state index in [4.69, 9.17) is 33.7 Å². The molecule has 2 N–H and O–H groups in total. The number of halogens is 3. The lowest BCUT2D eigenvalue weighted by atomic mass is 10.2. The van der Waals surface area contributed by atoms with E-state index in [1.165, 1.54) is 6.07 Å². The summed E-state index contributed by atoms with van der Waals surface area (Å²) < 4.78 is 18.7. The SMILES string of the molecule is Nc1cc(Cl)c(F)cc1OCc1ccccc1Cl. The van der Waals surface area contributed by atoms with Gasteiger partial charge in [-0.05, 0) is 12.1 Å². The average Bonchev–Trinajstić information content (AvgIpc) is 2.34. The zero-order chi connectivity index (χ0) is 13.1. The van der Waals surface area contributed by atoms with E-state index in [2.05, 4.69) is 0 Å². The summed E-state index contributed by atoms with van der Waals surface area (Å²) in [4.78, 5) is 0. The molecule has 0 unspecified atom stereocenters. The molecule has 2 rings (SSSR count). The second-order valence-electron chi connectivity index (χ2n) is 3.68. The van der Waals surface area contributed by atoms with Crippen LogP contribution in [-0.2, 0) is 6.61 Å². The van der Waals surface area contributed by atoms with Crippen LogP contribution < -0.4 is 10.5 Å². The maximum Gasteiger partial charge on any atom is 0.145 e. The molecule has 0 spiro atoms. The van der Waals surface area contributed by atoms with E-state index in [9.17, 15) is 4.39 Å². The largest absolute Gasteiger partial charge is 0.487 e. The van der Waals surface area contributed by atoms with Crippen LogP contribution in [0.15, 0.2) is 36.4 Å². The van der Waals surface area contributed by atoms with Crippen molar-refractivity contribution < 1.29 is 9.13 Å². The first-order valence-electron chi connectivity index (χ1n) is 5.18. The lowest BCUT2D eigenvalue weighted by Crippen LogP contribution is -2.00. The van der Waals surface area contributed by atoms with Crippen LogP contribution in [0.2, 0.25) is 10.0 Å². The van der Waals surface area contributed by atoms with Gasteiger partial charge in [0.15, 0.2) is 0 Å². The fourth-order valence-corrected chi connectivity index (χ4v) is 1.80. The maximum atomic E-state index is 13.3. The Morgan fingerprint density at radius 3 is 2.56 bits per heavy atom. The molecule has 0 bridgehead atoms. The topological polar surface area (TPSA) is 35.2 Å². The first kappa shape index (κ1) is 13.0. The molecule has 5 heteroatoms. The number of rotatable bonds is 3. The molecule has 0 aromatic heterocycles. The molecular weight excluding hydrogens is 276 g/mol. The minimum atomic E-state index is -0.569. The second-order valence-corrected chi connectivity index (χ2v) is 4.50. The first-order chi connectivity index (χ1) is 8.58. The van der Waals surface area contributed by atoms with Crippen molar-refractivity contribution >= 4 is 28.9 Å². The lowest BCUT2D eigenvalue weighted by Gasteiger charge is -2.10. The highest BCUT2D eigenvalue weighted by Crippen LogP contribution is 2.29. The molecule has 0 saturated carbocycles. The molecule has 0 saturated heterocycles. The summed E-state index contributed by atoms with van der Waals surface area (Å²) in [5, 5.41) is 0.558. The maximum absolute atomic E-state index is 13.3. The van der Waals surface area contributed by atoms with Crippen molar-refractivity contribution in [3.05, 3.63) is 57.8 Å². The fourth-order valence-electron chi connectivity index (χ4n) is 1.44. The number of nitrogens with two attached hydrogens (primary N) is 1. The van der Waals surface area contributed by atoms with Crippen LogP contribution in [0.4, 0.5) is 10.1 Å². The molecule has 94 valence electrons. The molecule has 0 radical (unpaired) electrons. The zero-order valence-electron chi connectivity index (χ0n) is 9.29. The van der Waals surface area contributed by atoms with Gasteiger partial charge in [-0.3, -0.25) is 0 Å². The van der Waals surface area contributed by atoms with Crippen LogP contribution in [-0.4, -0.2) is 0 Å². The Labute approximate surface area is 114 Å². The van der Waals surface area contributed by atoms with E-state index in [0.717, 1.165) is 11.6 Å². The summed E-state index contributed by atoms with van der Waals surface area (Å²) in [5.41, 5.74) is 6.77. The van der Waals surface area contributed by atoms with Crippen molar-refractivity contribution in [2.75, 3.05) is 5.73 Å². The predicted molar refractivity (Wildman–Crippen MR) is 71.6 cm³/mol. The summed E-state index contributed by atoms with van der Waals surface area (Å²) in [6.07, 6.45) is 0. The van der Waals surface area contributed by atoms with Crippen LogP contribution in [0.25, 0.3) is 0 Å². The summed E-state index contributed by atoms with van der Waals surface area (Å²) in [6.45, 7) is 0.213.